The summed E-state index contributed by atoms with van der Waals surface area (Å²) in [4.78, 5) is 26.3. The van der Waals surface area contributed by atoms with E-state index in [2.05, 4.69) is 11.4 Å². The Morgan fingerprint density at radius 2 is 1.88 bits per heavy atom. The first-order valence-electron chi connectivity index (χ1n) is 8.37. The van der Waals surface area contributed by atoms with Crippen LogP contribution in [0, 0.1) is 0 Å². The molecular weight excluding hydrogens is 316 g/mol. The highest BCUT2D eigenvalue weighted by Crippen LogP contribution is 2.32. The van der Waals surface area contributed by atoms with Crippen LogP contribution in [0.4, 0.5) is 5.69 Å². The molecule has 2 amide bonds. The van der Waals surface area contributed by atoms with Crippen LogP contribution < -0.4 is 10.1 Å². The van der Waals surface area contributed by atoms with Crippen molar-refractivity contribution in [2.75, 3.05) is 19.0 Å². The molecule has 2 aromatic rings. The van der Waals surface area contributed by atoms with Crippen LogP contribution in [0.2, 0.25) is 0 Å². The Balaban J connectivity index is 1.76. The third-order valence-electron chi connectivity index (χ3n) is 4.57. The lowest BCUT2D eigenvalue weighted by Gasteiger charge is -2.36. The van der Waals surface area contributed by atoms with E-state index in [0.717, 1.165) is 17.7 Å². The van der Waals surface area contributed by atoms with Crippen LogP contribution in [0.5, 0.6) is 5.75 Å². The number of hydrogen-bond acceptors (Lipinski definition) is 3. The number of carbonyl (C=O) groups excluding carboxylic acids is 2. The molecule has 0 aromatic heterocycles. The first-order chi connectivity index (χ1) is 12.1. The van der Waals surface area contributed by atoms with Crippen LogP contribution in [0.15, 0.2) is 48.5 Å². The molecule has 0 bridgehead atoms. The van der Waals surface area contributed by atoms with Gasteiger partial charge in [-0.05, 0) is 41.8 Å². The highest BCUT2D eigenvalue weighted by molar-refractivity contribution is 5.91. The number of rotatable bonds is 4. The van der Waals surface area contributed by atoms with Crippen molar-refractivity contribution >= 4 is 17.5 Å². The molecule has 130 valence electrons. The van der Waals surface area contributed by atoms with Crippen molar-refractivity contribution < 1.29 is 14.3 Å². The predicted molar refractivity (Wildman–Crippen MR) is 96.5 cm³/mol. The van der Waals surface area contributed by atoms with E-state index in [-0.39, 0.29) is 24.3 Å². The maximum absolute atomic E-state index is 12.5. The zero-order valence-corrected chi connectivity index (χ0v) is 14.5. The highest BCUT2D eigenvalue weighted by atomic mass is 16.5. The summed E-state index contributed by atoms with van der Waals surface area (Å²) in [5.41, 5.74) is 2.99. The number of carbonyl (C=O) groups is 2. The zero-order chi connectivity index (χ0) is 17.8. The monoisotopic (exact) mass is 338 g/mol. The normalized spacial score (nSPS) is 16.1. The molecule has 1 aliphatic rings. The Kier molecular flexibility index (Phi) is 5.03. The van der Waals surface area contributed by atoms with Crippen LogP contribution in [0.1, 0.15) is 30.5 Å². The number of ether oxygens (including phenoxy) is 1. The van der Waals surface area contributed by atoms with Gasteiger partial charge in [-0.3, -0.25) is 9.59 Å². The van der Waals surface area contributed by atoms with Crippen LogP contribution in [-0.4, -0.2) is 30.4 Å². The molecule has 0 saturated heterocycles. The van der Waals surface area contributed by atoms with E-state index in [1.54, 1.807) is 43.2 Å². The van der Waals surface area contributed by atoms with Crippen molar-refractivity contribution in [3.8, 4) is 5.75 Å². The first-order valence-corrected chi connectivity index (χ1v) is 8.37. The number of nitrogens with one attached hydrogen (secondary N) is 1. The van der Waals surface area contributed by atoms with E-state index >= 15 is 0 Å². The Morgan fingerprint density at radius 1 is 1.16 bits per heavy atom. The molecule has 0 radical (unpaired) electrons. The Hall–Kier alpha value is -2.82. The van der Waals surface area contributed by atoms with E-state index in [4.69, 9.17) is 4.74 Å². The van der Waals surface area contributed by atoms with Gasteiger partial charge in [0.25, 0.3) is 0 Å². The number of nitrogens with zero attached hydrogens (tertiary/aromatic N) is 1. The summed E-state index contributed by atoms with van der Waals surface area (Å²) < 4.78 is 5.12. The summed E-state index contributed by atoms with van der Waals surface area (Å²) in [6.07, 6.45) is 1.06. The molecule has 5 heteroatoms. The van der Waals surface area contributed by atoms with Crippen molar-refractivity contribution in [3.63, 3.8) is 0 Å². The quantitative estimate of drug-likeness (QED) is 0.931. The molecule has 1 heterocycles. The lowest BCUT2D eigenvalue weighted by atomic mass is 9.90. The number of amides is 2. The number of benzene rings is 2. The lowest BCUT2D eigenvalue weighted by molar-refractivity contribution is -0.132. The molecule has 0 saturated carbocycles. The van der Waals surface area contributed by atoms with Gasteiger partial charge in [0.05, 0.1) is 19.6 Å². The molecule has 3 rings (SSSR count). The van der Waals surface area contributed by atoms with Gasteiger partial charge in [-0.25, -0.2) is 0 Å². The minimum atomic E-state index is -0.222. The van der Waals surface area contributed by atoms with E-state index in [9.17, 15) is 9.59 Å². The number of methoxy groups -OCH3 is 1. The zero-order valence-electron chi connectivity index (χ0n) is 14.5. The van der Waals surface area contributed by atoms with Gasteiger partial charge in [0.15, 0.2) is 0 Å². The van der Waals surface area contributed by atoms with Crippen molar-refractivity contribution in [1.82, 2.24) is 4.90 Å². The van der Waals surface area contributed by atoms with Gasteiger partial charge >= 0.3 is 0 Å². The lowest BCUT2D eigenvalue weighted by Crippen LogP contribution is -2.40. The number of hydrogen-bond donors (Lipinski definition) is 1. The van der Waals surface area contributed by atoms with E-state index < -0.39 is 0 Å². The van der Waals surface area contributed by atoms with E-state index in [1.165, 1.54) is 5.56 Å². The molecular formula is C20H22N2O3. The van der Waals surface area contributed by atoms with E-state index in [0.29, 0.717) is 12.2 Å². The second-order valence-electron chi connectivity index (χ2n) is 6.16. The SMILES string of the molecule is COc1ccc(NC(=O)CC2c3ccccc3CCN2C(C)=O)cc1. The van der Waals surface area contributed by atoms with E-state index in [1.807, 2.05) is 18.2 Å². The molecule has 2 aromatic carbocycles. The fourth-order valence-electron chi connectivity index (χ4n) is 3.31. The molecule has 1 unspecified atom stereocenters. The molecule has 0 fully saturated rings. The molecule has 5 nitrogen and oxygen atoms in total. The van der Waals surface area contributed by atoms with Crippen molar-refractivity contribution in [2.45, 2.75) is 25.8 Å². The third-order valence-corrected chi connectivity index (χ3v) is 4.57. The Morgan fingerprint density at radius 3 is 2.56 bits per heavy atom. The third kappa shape index (κ3) is 3.82. The maximum atomic E-state index is 12.5. The Bertz CT molecular complexity index is 771. The molecule has 0 spiro atoms. The smallest absolute Gasteiger partial charge is 0.226 e. The van der Waals surface area contributed by atoms with Crippen LogP contribution in [0.3, 0.4) is 0 Å². The van der Waals surface area contributed by atoms with Gasteiger partial charge in [0.2, 0.25) is 11.8 Å². The van der Waals surface area contributed by atoms with Crippen LogP contribution in [-0.2, 0) is 16.0 Å². The van der Waals surface area contributed by atoms with Crippen LogP contribution in [0.25, 0.3) is 0 Å². The average Bonchev–Trinajstić information content (AvgIpc) is 2.62. The Labute approximate surface area is 147 Å². The second kappa shape index (κ2) is 7.38. The van der Waals surface area contributed by atoms with Gasteiger partial charge in [-0.2, -0.15) is 0 Å². The summed E-state index contributed by atoms with van der Waals surface area (Å²) >= 11 is 0. The standard InChI is InChI=1S/C20H22N2O3/c1-14(23)22-12-11-15-5-3-4-6-18(15)19(22)13-20(24)21-16-7-9-17(25-2)10-8-16/h3-10,19H,11-13H2,1-2H3,(H,21,24). The van der Waals surface area contributed by atoms with Crippen LogP contribution >= 0.6 is 0 Å². The highest BCUT2D eigenvalue weighted by Gasteiger charge is 2.30. The molecule has 0 aliphatic carbocycles. The van der Waals surface area contributed by atoms with Crippen molar-refractivity contribution in [1.29, 1.82) is 0 Å². The number of fused-ring (bicyclic) bond motifs is 1. The largest absolute Gasteiger partial charge is 0.497 e. The van der Waals surface area contributed by atoms with Gasteiger partial charge in [-0.1, -0.05) is 24.3 Å². The minimum Gasteiger partial charge on any atom is -0.497 e. The fourth-order valence-corrected chi connectivity index (χ4v) is 3.31. The van der Waals surface area contributed by atoms with Crippen molar-refractivity contribution in [2.24, 2.45) is 0 Å². The summed E-state index contributed by atoms with van der Waals surface area (Å²) in [5, 5.41) is 2.90. The van der Waals surface area contributed by atoms with Crippen molar-refractivity contribution in [3.05, 3.63) is 59.7 Å². The molecule has 1 N–H and O–H groups in total. The summed E-state index contributed by atoms with van der Waals surface area (Å²) in [6, 6.07) is 15.0. The summed E-state index contributed by atoms with van der Waals surface area (Å²) in [5.74, 6) is 0.622. The predicted octanol–water partition coefficient (Wildman–Crippen LogP) is 3.17. The first kappa shape index (κ1) is 17.0. The van der Waals surface area contributed by atoms with Gasteiger partial charge in [-0.15, -0.1) is 0 Å². The topological polar surface area (TPSA) is 58.6 Å². The second-order valence-corrected chi connectivity index (χ2v) is 6.16. The molecule has 1 aliphatic heterocycles. The maximum Gasteiger partial charge on any atom is 0.226 e. The minimum absolute atomic E-state index is 0.00301. The average molecular weight is 338 g/mol. The summed E-state index contributed by atoms with van der Waals surface area (Å²) in [7, 11) is 1.60. The van der Waals surface area contributed by atoms with Gasteiger partial charge < -0.3 is 15.0 Å². The van der Waals surface area contributed by atoms with Gasteiger partial charge in [0, 0.05) is 19.2 Å². The molecule has 25 heavy (non-hydrogen) atoms. The molecule has 1 atom stereocenters. The van der Waals surface area contributed by atoms with Gasteiger partial charge in [0.1, 0.15) is 5.75 Å². The number of anilines is 1. The summed E-state index contributed by atoms with van der Waals surface area (Å²) in [6.45, 7) is 2.20. The fraction of sp³-hybridized carbons (Fsp3) is 0.300.